The molecule has 2 aliphatic heterocycles. The molecule has 0 aromatic carbocycles. The second kappa shape index (κ2) is 6.78. The summed E-state index contributed by atoms with van der Waals surface area (Å²) in [6.45, 7) is 1.15. The summed E-state index contributed by atoms with van der Waals surface area (Å²) < 4.78 is 45.9. The number of amides is 1. The SMILES string of the molecule is COCCN1C(=O)CS(=O)C12CCN(S(=O)(=O)c1cn(C)cn1)CC2. The van der Waals surface area contributed by atoms with Gasteiger partial charge in [-0.15, -0.1) is 0 Å². The van der Waals surface area contributed by atoms with E-state index in [0.29, 0.717) is 26.0 Å². The Morgan fingerprint density at radius 1 is 1.36 bits per heavy atom. The lowest BCUT2D eigenvalue weighted by molar-refractivity contribution is -0.131. The molecule has 1 aromatic rings. The summed E-state index contributed by atoms with van der Waals surface area (Å²) in [5.41, 5.74) is 0. The molecule has 140 valence electrons. The predicted molar refractivity (Wildman–Crippen MR) is 90.5 cm³/mol. The lowest BCUT2D eigenvalue weighted by atomic mass is 10.0. The van der Waals surface area contributed by atoms with Crippen LogP contribution >= 0.6 is 0 Å². The number of carbonyl (C=O) groups is 1. The Labute approximate surface area is 149 Å². The summed E-state index contributed by atoms with van der Waals surface area (Å²) in [6.07, 6.45) is 3.60. The molecule has 0 bridgehead atoms. The third-order valence-corrected chi connectivity index (χ3v) is 8.55. The molecule has 2 fully saturated rings. The highest BCUT2D eigenvalue weighted by Gasteiger charge is 2.53. The lowest BCUT2D eigenvalue weighted by Crippen LogP contribution is -2.56. The molecule has 0 N–H and O–H groups in total. The molecule has 9 nitrogen and oxygen atoms in total. The predicted octanol–water partition coefficient (Wildman–Crippen LogP) is -0.862. The van der Waals surface area contributed by atoms with Gasteiger partial charge in [0.15, 0.2) is 5.03 Å². The van der Waals surface area contributed by atoms with Gasteiger partial charge < -0.3 is 14.2 Å². The average Bonchev–Trinajstić information content (AvgIpc) is 3.10. The van der Waals surface area contributed by atoms with Crippen LogP contribution in [-0.2, 0) is 37.4 Å². The van der Waals surface area contributed by atoms with Crippen LogP contribution in [0, 0.1) is 0 Å². The van der Waals surface area contributed by atoms with E-state index in [1.807, 2.05) is 0 Å². The highest BCUT2D eigenvalue weighted by atomic mass is 32.2. The number of sulfonamides is 1. The van der Waals surface area contributed by atoms with E-state index in [4.69, 9.17) is 4.74 Å². The van der Waals surface area contributed by atoms with Crippen molar-refractivity contribution in [2.75, 3.05) is 39.1 Å². The molecular weight excluding hydrogens is 368 g/mol. The van der Waals surface area contributed by atoms with Gasteiger partial charge >= 0.3 is 0 Å². The number of ether oxygens (including phenoxy) is 1. The van der Waals surface area contributed by atoms with Gasteiger partial charge in [-0.1, -0.05) is 0 Å². The van der Waals surface area contributed by atoms with E-state index in [9.17, 15) is 17.4 Å². The minimum Gasteiger partial charge on any atom is -0.383 e. The van der Waals surface area contributed by atoms with Crippen molar-refractivity contribution >= 4 is 26.7 Å². The third kappa shape index (κ3) is 3.14. The maximum Gasteiger partial charge on any atom is 0.262 e. The average molecular weight is 390 g/mol. The van der Waals surface area contributed by atoms with Gasteiger partial charge in [0.2, 0.25) is 5.91 Å². The molecule has 2 aliphatic rings. The number of hydrogen-bond donors (Lipinski definition) is 0. The van der Waals surface area contributed by atoms with Gasteiger partial charge in [0.1, 0.15) is 10.6 Å². The fourth-order valence-corrected chi connectivity index (χ4v) is 6.55. The topological polar surface area (TPSA) is 102 Å². The maximum atomic E-state index is 12.7. The van der Waals surface area contributed by atoms with E-state index in [2.05, 4.69) is 4.98 Å². The first-order valence-corrected chi connectivity index (χ1v) is 10.7. The largest absolute Gasteiger partial charge is 0.383 e. The van der Waals surface area contributed by atoms with Gasteiger partial charge in [-0.2, -0.15) is 4.31 Å². The first kappa shape index (κ1) is 18.5. The Morgan fingerprint density at radius 2 is 2.04 bits per heavy atom. The third-order valence-electron chi connectivity index (χ3n) is 4.78. The summed E-state index contributed by atoms with van der Waals surface area (Å²) in [4.78, 5) is 17.0. The summed E-state index contributed by atoms with van der Waals surface area (Å²) in [7, 11) is -1.76. The van der Waals surface area contributed by atoms with Crippen molar-refractivity contribution in [3.05, 3.63) is 12.5 Å². The van der Waals surface area contributed by atoms with Crippen molar-refractivity contribution in [2.24, 2.45) is 7.05 Å². The number of aromatic nitrogens is 2. The molecule has 0 saturated carbocycles. The number of methoxy groups -OCH3 is 1. The maximum absolute atomic E-state index is 12.7. The van der Waals surface area contributed by atoms with Crippen LogP contribution in [0.4, 0.5) is 0 Å². The smallest absolute Gasteiger partial charge is 0.262 e. The molecule has 1 amide bonds. The van der Waals surface area contributed by atoms with Crippen LogP contribution in [0.25, 0.3) is 0 Å². The number of nitrogens with zero attached hydrogens (tertiary/aromatic N) is 4. The van der Waals surface area contributed by atoms with Gasteiger partial charge in [-0.25, -0.2) is 13.4 Å². The number of piperidine rings is 1. The summed E-state index contributed by atoms with van der Waals surface area (Å²) >= 11 is 0. The minimum atomic E-state index is -3.68. The Morgan fingerprint density at radius 3 is 2.60 bits per heavy atom. The molecule has 0 aliphatic carbocycles. The molecule has 1 aromatic heterocycles. The number of carbonyl (C=O) groups excluding carboxylic acids is 1. The fraction of sp³-hybridized carbons (Fsp3) is 0.714. The first-order chi connectivity index (χ1) is 11.8. The number of aryl methyl sites for hydroxylation is 1. The summed E-state index contributed by atoms with van der Waals surface area (Å²) in [6, 6.07) is 0. The Bertz CT molecular complexity index is 783. The van der Waals surface area contributed by atoms with Gasteiger partial charge in [-0.05, 0) is 12.8 Å². The molecule has 3 rings (SSSR count). The normalized spacial score (nSPS) is 24.3. The minimum absolute atomic E-state index is 0.00327. The molecule has 1 atom stereocenters. The van der Waals surface area contributed by atoms with E-state index in [-0.39, 0.29) is 29.8 Å². The molecule has 1 spiro atoms. The number of hydrogen-bond acceptors (Lipinski definition) is 6. The van der Waals surface area contributed by atoms with E-state index < -0.39 is 25.7 Å². The van der Waals surface area contributed by atoms with Crippen molar-refractivity contribution in [1.82, 2.24) is 18.8 Å². The fourth-order valence-electron chi connectivity index (χ4n) is 3.41. The van der Waals surface area contributed by atoms with Crippen LogP contribution in [0.2, 0.25) is 0 Å². The highest BCUT2D eigenvalue weighted by Crippen LogP contribution is 2.38. The molecular formula is C14H22N4O5S2. The zero-order valence-corrected chi connectivity index (χ0v) is 15.9. The van der Waals surface area contributed by atoms with Gasteiger partial charge in [0.25, 0.3) is 10.0 Å². The van der Waals surface area contributed by atoms with Crippen LogP contribution in [0.1, 0.15) is 12.8 Å². The van der Waals surface area contributed by atoms with Crippen LogP contribution in [0.5, 0.6) is 0 Å². The van der Waals surface area contributed by atoms with Crippen LogP contribution in [0.3, 0.4) is 0 Å². The second-order valence-corrected chi connectivity index (χ2v) is 9.88. The van der Waals surface area contributed by atoms with Gasteiger partial charge in [0.05, 0.1) is 23.7 Å². The van der Waals surface area contributed by atoms with E-state index in [1.54, 1.807) is 23.6 Å². The van der Waals surface area contributed by atoms with Crippen molar-refractivity contribution in [2.45, 2.75) is 22.7 Å². The molecule has 2 saturated heterocycles. The summed E-state index contributed by atoms with van der Waals surface area (Å²) in [5, 5.41) is 0.00538. The zero-order chi connectivity index (χ0) is 18.2. The second-order valence-electron chi connectivity index (χ2n) is 6.26. The van der Waals surface area contributed by atoms with E-state index in [1.165, 1.54) is 16.8 Å². The van der Waals surface area contributed by atoms with E-state index in [0.717, 1.165) is 0 Å². The molecule has 3 heterocycles. The van der Waals surface area contributed by atoms with Crippen LogP contribution < -0.4 is 0 Å². The monoisotopic (exact) mass is 390 g/mol. The molecule has 0 radical (unpaired) electrons. The molecule has 11 heteroatoms. The van der Waals surface area contributed by atoms with Gasteiger partial charge in [-0.3, -0.25) is 9.00 Å². The van der Waals surface area contributed by atoms with Crippen LogP contribution in [0.15, 0.2) is 17.6 Å². The quantitative estimate of drug-likeness (QED) is 0.648. The number of rotatable bonds is 5. The van der Waals surface area contributed by atoms with E-state index >= 15 is 0 Å². The summed E-state index contributed by atoms with van der Waals surface area (Å²) in [5.74, 6) is -0.159. The Kier molecular flexibility index (Phi) is 5.02. The van der Waals surface area contributed by atoms with Crippen molar-refractivity contribution in [1.29, 1.82) is 0 Å². The van der Waals surface area contributed by atoms with Crippen molar-refractivity contribution in [3.63, 3.8) is 0 Å². The van der Waals surface area contributed by atoms with Crippen molar-refractivity contribution in [3.8, 4) is 0 Å². The molecule has 1 unspecified atom stereocenters. The lowest BCUT2D eigenvalue weighted by Gasteiger charge is -2.42. The van der Waals surface area contributed by atoms with Crippen LogP contribution in [-0.4, -0.2) is 81.3 Å². The number of imidazole rings is 1. The molecule has 25 heavy (non-hydrogen) atoms. The Balaban J connectivity index is 1.78. The van der Waals surface area contributed by atoms with Gasteiger partial charge in [0, 0.05) is 40.0 Å². The first-order valence-electron chi connectivity index (χ1n) is 7.97. The standard InChI is InChI=1S/C14H22N4O5S2/c1-16-9-12(15-11-16)25(21,22)17-5-3-14(4-6-17)18(7-8-23-2)13(19)10-24(14)20/h9,11H,3-8,10H2,1-2H3. The van der Waals surface area contributed by atoms with Crippen molar-refractivity contribution < 1.29 is 22.2 Å². The highest BCUT2D eigenvalue weighted by molar-refractivity contribution is 7.89. The zero-order valence-electron chi connectivity index (χ0n) is 14.3. The Hall–Kier alpha value is -1.30.